The second kappa shape index (κ2) is 5.39. The molecule has 1 aromatic rings. The largest absolute Gasteiger partial charge is 0.385 e. The molecule has 0 bridgehead atoms. The van der Waals surface area contributed by atoms with Gasteiger partial charge in [0.05, 0.1) is 5.60 Å². The van der Waals surface area contributed by atoms with Crippen LogP contribution in [0.15, 0.2) is 30.3 Å². The summed E-state index contributed by atoms with van der Waals surface area (Å²) >= 11 is 1.68. The Labute approximate surface area is 89.5 Å². The number of hydrogen-bond acceptors (Lipinski definition) is 3. The summed E-state index contributed by atoms with van der Waals surface area (Å²) in [5.74, 6) is 1.58. The zero-order valence-electron chi connectivity index (χ0n) is 8.44. The van der Waals surface area contributed by atoms with E-state index in [0.717, 1.165) is 11.3 Å². The van der Waals surface area contributed by atoms with Crippen LogP contribution >= 0.6 is 11.8 Å². The van der Waals surface area contributed by atoms with Crippen molar-refractivity contribution in [3.05, 3.63) is 35.9 Å². The Hall–Kier alpha value is -0.510. The first kappa shape index (κ1) is 11.6. The molecule has 0 saturated heterocycles. The van der Waals surface area contributed by atoms with Crippen LogP contribution < -0.4 is 5.73 Å². The first-order valence-electron chi connectivity index (χ1n) is 4.72. The summed E-state index contributed by atoms with van der Waals surface area (Å²) in [6, 6.07) is 9.73. The molecule has 0 aliphatic carbocycles. The average molecular weight is 211 g/mol. The molecule has 2 nitrogen and oxygen atoms in total. The smallest absolute Gasteiger partial charge is 0.0958 e. The molecular formula is C11H17NOS. The maximum absolute atomic E-state index is 10.2. The van der Waals surface area contributed by atoms with Crippen molar-refractivity contribution in [3.63, 3.8) is 0 Å². The van der Waals surface area contributed by atoms with E-state index in [4.69, 9.17) is 5.73 Å². The van der Waals surface area contributed by atoms with Crippen molar-refractivity contribution in [2.75, 3.05) is 18.1 Å². The van der Waals surface area contributed by atoms with Crippen molar-refractivity contribution < 1.29 is 5.11 Å². The second-order valence-corrected chi connectivity index (χ2v) is 4.59. The minimum absolute atomic E-state index is 0.662. The quantitative estimate of drug-likeness (QED) is 0.727. The van der Waals surface area contributed by atoms with Crippen LogP contribution in [-0.2, 0) is 5.60 Å². The Bertz CT molecular complexity index is 261. The van der Waals surface area contributed by atoms with Gasteiger partial charge in [-0.15, -0.1) is 0 Å². The van der Waals surface area contributed by atoms with Gasteiger partial charge in [-0.1, -0.05) is 30.3 Å². The molecule has 0 heterocycles. The van der Waals surface area contributed by atoms with Crippen molar-refractivity contribution in [1.82, 2.24) is 0 Å². The van der Waals surface area contributed by atoms with E-state index >= 15 is 0 Å². The zero-order chi connectivity index (χ0) is 10.4. The molecule has 3 N–H and O–H groups in total. The van der Waals surface area contributed by atoms with Gasteiger partial charge in [0.25, 0.3) is 0 Å². The molecule has 0 aliphatic heterocycles. The lowest BCUT2D eigenvalue weighted by Crippen LogP contribution is -2.24. The highest BCUT2D eigenvalue weighted by Gasteiger charge is 2.21. The molecule has 0 amide bonds. The van der Waals surface area contributed by atoms with Crippen LogP contribution in [0.2, 0.25) is 0 Å². The van der Waals surface area contributed by atoms with Crippen molar-refractivity contribution in [2.45, 2.75) is 12.5 Å². The van der Waals surface area contributed by atoms with E-state index in [1.807, 2.05) is 37.3 Å². The molecule has 3 heteroatoms. The van der Waals surface area contributed by atoms with Gasteiger partial charge in [0.15, 0.2) is 0 Å². The number of thioether (sulfide) groups is 1. The number of nitrogens with two attached hydrogens (primary N) is 1. The van der Waals surface area contributed by atoms with Crippen LogP contribution in [0.1, 0.15) is 12.5 Å². The monoisotopic (exact) mass is 211 g/mol. The third-order valence-electron chi connectivity index (χ3n) is 2.04. The lowest BCUT2D eigenvalue weighted by atomic mass is 9.99. The van der Waals surface area contributed by atoms with Crippen molar-refractivity contribution in [3.8, 4) is 0 Å². The Morgan fingerprint density at radius 2 is 2.00 bits per heavy atom. The summed E-state index contributed by atoms with van der Waals surface area (Å²) in [6.45, 7) is 2.50. The lowest BCUT2D eigenvalue weighted by molar-refractivity contribution is 0.0840. The standard InChI is InChI=1S/C11H17NOS/c1-11(13,9-14-8-7-12)10-5-3-2-4-6-10/h2-6,13H,7-9,12H2,1H3. The summed E-state index contributed by atoms with van der Waals surface area (Å²) in [6.07, 6.45) is 0. The van der Waals surface area contributed by atoms with Gasteiger partial charge in [-0.3, -0.25) is 0 Å². The minimum atomic E-state index is -0.749. The fourth-order valence-electron chi connectivity index (χ4n) is 1.23. The van der Waals surface area contributed by atoms with E-state index in [9.17, 15) is 5.11 Å². The lowest BCUT2D eigenvalue weighted by Gasteiger charge is -2.23. The predicted octanol–water partition coefficient (Wildman–Crippen LogP) is 1.59. The first-order chi connectivity index (χ1) is 6.67. The number of aliphatic hydroxyl groups is 1. The van der Waals surface area contributed by atoms with E-state index in [1.54, 1.807) is 11.8 Å². The van der Waals surface area contributed by atoms with Crippen LogP contribution in [-0.4, -0.2) is 23.2 Å². The van der Waals surface area contributed by atoms with Crippen LogP contribution in [0.4, 0.5) is 0 Å². The Balaban J connectivity index is 2.56. The van der Waals surface area contributed by atoms with E-state index in [1.165, 1.54) is 0 Å². The molecule has 0 spiro atoms. The second-order valence-electron chi connectivity index (χ2n) is 3.48. The third kappa shape index (κ3) is 3.33. The van der Waals surface area contributed by atoms with E-state index in [0.29, 0.717) is 12.3 Å². The SMILES string of the molecule is CC(O)(CSCCN)c1ccccc1. The highest BCUT2D eigenvalue weighted by Crippen LogP contribution is 2.24. The summed E-state index contributed by atoms with van der Waals surface area (Å²) in [5, 5.41) is 10.2. The topological polar surface area (TPSA) is 46.2 Å². The first-order valence-corrected chi connectivity index (χ1v) is 5.88. The van der Waals surface area contributed by atoms with Gasteiger partial charge in [0.1, 0.15) is 0 Å². The van der Waals surface area contributed by atoms with Crippen LogP contribution in [0.25, 0.3) is 0 Å². The van der Waals surface area contributed by atoms with E-state index in [-0.39, 0.29) is 0 Å². The van der Waals surface area contributed by atoms with Gasteiger partial charge in [-0.2, -0.15) is 11.8 Å². The molecule has 14 heavy (non-hydrogen) atoms. The molecule has 1 aromatic carbocycles. The number of benzene rings is 1. The third-order valence-corrected chi connectivity index (χ3v) is 3.33. The predicted molar refractivity (Wildman–Crippen MR) is 62.4 cm³/mol. The maximum atomic E-state index is 10.2. The summed E-state index contributed by atoms with van der Waals surface area (Å²) in [4.78, 5) is 0. The average Bonchev–Trinajstić information content (AvgIpc) is 2.19. The molecule has 0 aromatic heterocycles. The van der Waals surface area contributed by atoms with Gasteiger partial charge in [0, 0.05) is 18.1 Å². The van der Waals surface area contributed by atoms with Crippen LogP contribution in [0.3, 0.4) is 0 Å². The molecular weight excluding hydrogens is 194 g/mol. The Morgan fingerprint density at radius 3 is 2.57 bits per heavy atom. The summed E-state index contributed by atoms with van der Waals surface area (Å²) in [5.41, 5.74) is 5.61. The molecule has 0 saturated carbocycles. The van der Waals surface area contributed by atoms with Gasteiger partial charge < -0.3 is 10.8 Å². The Kier molecular flexibility index (Phi) is 4.45. The van der Waals surface area contributed by atoms with Crippen LogP contribution in [0.5, 0.6) is 0 Å². The van der Waals surface area contributed by atoms with Gasteiger partial charge in [0.2, 0.25) is 0 Å². The summed E-state index contributed by atoms with van der Waals surface area (Å²) in [7, 11) is 0. The van der Waals surface area contributed by atoms with E-state index < -0.39 is 5.60 Å². The molecule has 0 radical (unpaired) electrons. The van der Waals surface area contributed by atoms with Crippen molar-refractivity contribution in [2.24, 2.45) is 5.73 Å². The molecule has 78 valence electrons. The highest BCUT2D eigenvalue weighted by molar-refractivity contribution is 7.99. The van der Waals surface area contributed by atoms with Crippen molar-refractivity contribution in [1.29, 1.82) is 0 Å². The van der Waals surface area contributed by atoms with Crippen LogP contribution in [0, 0.1) is 0 Å². The number of hydrogen-bond donors (Lipinski definition) is 2. The fourth-order valence-corrected chi connectivity index (χ4v) is 2.11. The molecule has 1 rings (SSSR count). The summed E-state index contributed by atoms with van der Waals surface area (Å²) < 4.78 is 0. The molecule has 1 unspecified atom stereocenters. The van der Waals surface area contributed by atoms with E-state index in [2.05, 4.69) is 0 Å². The fraction of sp³-hybridized carbons (Fsp3) is 0.455. The van der Waals surface area contributed by atoms with Crippen molar-refractivity contribution >= 4 is 11.8 Å². The Morgan fingerprint density at radius 1 is 1.36 bits per heavy atom. The normalized spacial score (nSPS) is 15.1. The molecule has 0 aliphatic rings. The van der Waals surface area contributed by atoms with Gasteiger partial charge in [-0.05, 0) is 12.5 Å². The van der Waals surface area contributed by atoms with Gasteiger partial charge in [-0.25, -0.2) is 0 Å². The molecule has 1 atom stereocenters. The highest BCUT2D eigenvalue weighted by atomic mass is 32.2. The zero-order valence-corrected chi connectivity index (χ0v) is 9.26. The number of rotatable bonds is 5. The van der Waals surface area contributed by atoms with Gasteiger partial charge >= 0.3 is 0 Å². The minimum Gasteiger partial charge on any atom is -0.385 e. The molecule has 0 fully saturated rings. The maximum Gasteiger partial charge on any atom is 0.0958 e.